The number of aliphatic hydroxyl groups excluding tert-OH is 1. The molecule has 2 unspecified atom stereocenters. The van der Waals surface area contributed by atoms with E-state index in [1.54, 1.807) is 0 Å². The van der Waals surface area contributed by atoms with Crippen molar-refractivity contribution in [2.45, 2.75) is 32.2 Å². The van der Waals surface area contributed by atoms with E-state index in [2.05, 4.69) is 12.2 Å². The zero-order valence-electron chi connectivity index (χ0n) is 8.46. The van der Waals surface area contributed by atoms with Gasteiger partial charge in [0.05, 0.1) is 0 Å². The zero-order valence-corrected chi connectivity index (χ0v) is 9.28. The summed E-state index contributed by atoms with van der Waals surface area (Å²) in [6.07, 6.45) is 4.06. The van der Waals surface area contributed by atoms with Crippen LogP contribution >= 0.6 is 11.8 Å². The first-order valence-corrected chi connectivity index (χ1v) is 6.40. The van der Waals surface area contributed by atoms with E-state index in [0.717, 1.165) is 11.8 Å². The molecule has 2 nitrogen and oxygen atoms in total. The molecule has 2 N–H and O–H groups in total. The summed E-state index contributed by atoms with van der Waals surface area (Å²) in [6.45, 7) is 3.62. The van der Waals surface area contributed by atoms with Crippen molar-refractivity contribution in [3.8, 4) is 0 Å². The summed E-state index contributed by atoms with van der Waals surface area (Å²) >= 11 is 1.97. The molecule has 2 atom stereocenters. The van der Waals surface area contributed by atoms with E-state index in [-0.39, 0.29) is 0 Å². The van der Waals surface area contributed by atoms with Crippen LogP contribution in [0.25, 0.3) is 0 Å². The molecule has 0 bridgehead atoms. The van der Waals surface area contributed by atoms with Gasteiger partial charge in [0.25, 0.3) is 0 Å². The number of piperidine rings is 1. The molecule has 1 saturated heterocycles. The third-order valence-electron chi connectivity index (χ3n) is 2.45. The number of thioether (sulfide) groups is 1. The molecule has 78 valence electrons. The highest BCUT2D eigenvalue weighted by atomic mass is 32.2. The molecule has 0 aromatic heterocycles. The van der Waals surface area contributed by atoms with E-state index in [1.807, 2.05) is 11.8 Å². The molecule has 0 radical (unpaired) electrons. The van der Waals surface area contributed by atoms with Gasteiger partial charge in [-0.05, 0) is 31.1 Å². The maximum atomic E-state index is 8.84. The Kier molecular flexibility index (Phi) is 5.83. The predicted octanol–water partition coefficient (Wildman–Crippen LogP) is 1.49. The van der Waals surface area contributed by atoms with Gasteiger partial charge in [-0.2, -0.15) is 11.8 Å². The third kappa shape index (κ3) is 4.89. The topological polar surface area (TPSA) is 32.3 Å². The first-order chi connectivity index (χ1) is 6.33. The van der Waals surface area contributed by atoms with E-state index >= 15 is 0 Å². The van der Waals surface area contributed by atoms with Crippen molar-refractivity contribution < 1.29 is 5.11 Å². The van der Waals surface area contributed by atoms with Crippen LogP contribution in [0.5, 0.6) is 0 Å². The van der Waals surface area contributed by atoms with Gasteiger partial charge >= 0.3 is 0 Å². The zero-order chi connectivity index (χ0) is 9.52. The van der Waals surface area contributed by atoms with Crippen LogP contribution in [-0.4, -0.2) is 35.8 Å². The minimum Gasteiger partial charge on any atom is -0.396 e. The van der Waals surface area contributed by atoms with Crippen LogP contribution in [0.1, 0.15) is 26.2 Å². The molecule has 1 heterocycles. The molecule has 0 amide bonds. The average Bonchev–Trinajstić information content (AvgIpc) is 2.19. The van der Waals surface area contributed by atoms with Gasteiger partial charge in [0, 0.05) is 18.4 Å². The van der Waals surface area contributed by atoms with Crippen LogP contribution in [0.15, 0.2) is 0 Å². The average molecular weight is 203 g/mol. The summed E-state index contributed by atoms with van der Waals surface area (Å²) in [6, 6.07) is 0.727. The normalized spacial score (nSPS) is 25.8. The Balaban J connectivity index is 1.98. The predicted molar refractivity (Wildman–Crippen MR) is 59.2 cm³/mol. The van der Waals surface area contributed by atoms with Gasteiger partial charge in [0.2, 0.25) is 0 Å². The molecule has 0 aromatic rings. The van der Waals surface area contributed by atoms with Crippen molar-refractivity contribution in [2.24, 2.45) is 5.92 Å². The molecule has 0 aromatic carbocycles. The minimum absolute atomic E-state index is 0.324. The second-order valence-electron chi connectivity index (χ2n) is 3.97. The summed E-state index contributed by atoms with van der Waals surface area (Å²) in [4.78, 5) is 0. The van der Waals surface area contributed by atoms with E-state index in [0.29, 0.717) is 12.5 Å². The van der Waals surface area contributed by atoms with Crippen molar-refractivity contribution in [3.63, 3.8) is 0 Å². The fourth-order valence-electron chi connectivity index (χ4n) is 1.53. The number of rotatable bonds is 5. The quantitative estimate of drug-likeness (QED) is 0.710. The second-order valence-corrected chi connectivity index (χ2v) is 5.05. The fourth-order valence-corrected chi connectivity index (χ4v) is 2.74. The first-order valence-electron chi connectivity index (χ1n) is 5.25. The Hall–Kier alpha value is 0.270. The summed E-state index contributed by atoms with van der Waals surface area (Å²) in [5.74, 6) is 2.76. The molecular formula is C10H21NOS. The van der Waals surface area contributed by atoms with Crippen LogP contribution in [0, 0.1) is 5.92 Å². The van der Waals surface area contributed by atoms with Crippen molar-refractivity contribution >= 4 is 11.8 Å². The number of aliphatic hydroxyl groups is 1. The van der Waals surface area contributed by atoms with Crippen molar-refractivity contribution in [3.05, 3.63) is 0 Å². The lowest BCUT2D eigenvalue weighted by atomic mass is 10.1. The van der Waals surface area contributed by atoms with Gasteiger partial charge in [-0.25, -0.2) is 0 Å². The minimum atomic E-state index is 0.324. The van der Waals surface area contributed by atoms with Crippen LogP contribution in [0.4, 0.5) is 0 Å². The highest BCUT2D eigenvalue weighted by Gasteiger charge is 2.12. The molecule has 0 saturated carbocycles. The first kappa shape index (κ1) is 11.3. The van der Waals surface area contributed by atoms with Crippen molar-refractivity contribution in [2.75, 3.05) is 24.7 Å². The van der Waals surface area contributed by atoms with Gasteiger partial charge in [-0.3, -0.25) is 0 Å². The monoisotopic (exact) mass is 203 g/mol. The summed E-state index contributed by atoms with van der Waals surface area (Å²) in [7, 11) is 0. The van der Waals surface area contributed by atoms with Gasteiger partial charge < -0.3 is 10.4 Å². The Morgan fingerprint density at radius 2 is 2.38 bits per heavy atom. The van der Waals surface area contributed by atoms with E-state index < -0.39 is 0 Å². The van der Waals surface area contributed by atoms with Crippen LogP contribution in [0.3, 0.4) is 0 Å². The van der Waals surface area contributed by atoms with E-state index in [4.69, 9.17) is 5.11 Å². The second kappa shape index (κ2) is 6.68. The maximum absolute atomic E-state index is 8.84. The Morgan fingerprint density at radius 1 is 1.54 bits per heavy atom. The maximum Gasteiger partial charge on any atom is 0.0464 e. The molecule has 0 spiro atoms. The van der Waals surface area contributed by atoms with Gasteiger partial charge in [0.1, 0.15) is 0 Å². The molecule has 1 aliphatic rings. The Morgan fingerprint density at radius 3 is 3.00 bits per heavy atom. The number of hydrogen-bond acceptors (Lipinski definition) is 3. The smallest absolute Gasteiger partial charge is 0.0464 e. The molecular weight excluding hydrogens is 182 g/mol. The van der Waals surface area contributed by atoms with E-state index in [1.165, 1.54) is 31.6 Å². The van der Waals surface area contributed by atoms with E-state index in [9.17, 15) is 0 Å². The fraction of sp³-hybridized carbons (Fsp3) is 1.00. The van der Waals surface area contributed by atoms with Gasteiger partial charge in [-0.15, -0.1) is 0 Å². The van der Waals surface area contributed by atoms with Crippen LogP contribution < -0.4 is 5.32 Å². The van der Waals surface area contributed by atoms with Crippen LogP contribution in [0.2, 0.25) is 0 Å². The number of hydrogen-bond donors (Lipinski definition) is 2. The van der Waals surface area contributed by atoms with Crippen molar-refractivity contribution in [1.29, 1.82) is 0 Å². The molecule has 1 rings (SSSR count). The molecule has 0 aliphatic carbocycles. The molecule has 1 fully saturated rings. The lowest BCUT2D eigenvalue weighted by Gasteiger charge is -2.23. The van der Waals surface area contributed by atoms with Crippen molar-refractivity contribution in [1.82, 2.24) is 5.32 Å². The third-order valence-corrected chi connectivity index (χ3v) is 3.89. The standard InChI is InChI=1S/C10H21NOS/c1-9(6-12)7-13-8-10-4-2-3-5-11-10/h9-12H,2-8H2,1H3. The van der Waals surface area contributed by atoms with Crippen LogP contribution in [-0.2, 0) is 0 Å². The molecule has 1 aliphatic heterocycles. The SMILES string of the molecule is CC(CO)CSCC1CCCCN1. The summed E-state index contributed by atoms with van der Waals surface area (Å²) < 4.78 is 0. The lowest BCUT2D eigenvalue weighted by Crippen LogP contribution is -2.36. The van der Waals surface area contributed by atoms with Gasteiger partial charge in [-0.1, -0.05) is 13.3 Å². The Labute approximate surface area is 85.5 Å². The summed E-state index contributed by atoms with van der Waals surface area (Å²) in [5.41, 5.74) is 0. The number of nitrogens with one attached hydrogen (secondary N) is 1. The highest BCUT2D eigenvalue weighted by molar-refractivity contribution is 7.99. The summed E-state index contributed by atoms with van der Waals surface area (Å²) in [5, 5.41) is 12.4. The lowest BCUT2D eigenvalue weighted by molar-refractivity contribution is 0.250. The highest BCUT2D eigenvalue weighted by Crippen LogP contribution is 2.14. The largest absolute Gasteiger partial charge is 0.396 e. The Bertz CT molecular complexity index is 126. The molecule has 3 heteroatoms. The molecule has 13 heavy (non-hydrogen) atoms. The van der Waals surface area contributed by atoms with Gasteiger partial charge in [0.15, 0.2) is 0 Å².